The molecule has 1 saturated heterocycles. The Morgan fingerprint density at radius 3 is 2.94 bits per heavy atom. The van der Waals surface area contributed by atoms with E-state index in [-0.39, 0.29) is 11.9 Å². The van der Waals surface area contributed by atoms with Crippen molar-refractivity contribution in [3.63, 3.8) is 0 Å². The lowest BCUT2D eigenvalue weighted by atomic mass is 9.98. The molecule has 0 saturated carbocycles. The van der Waals surface area contributed by atoms with Gasteiger partial charge in [-0.05, 0) is 35.7 Å². The Hall–Kier alpha value is -1.17. The molecule has 1 aliphatic rings. The summed E-state index contributed by atoms with van der Waals surface area (Å²) in [7, 11) is 0. The fourth-order valence-electron chi connectivity index (χ4n) is 2.08. The number of carbonyl (C=O) groups excluding carboxylic acids is 1. The Morgan fingerprint density at radius 2 is 2.28 bits per heavy atom. The molecule has 2 rings (SSSR count). The van der Waals surface area contributed by atoms with Gasteiger partial charge in [-0.1, -0.05) is 0 Å². The van der Waals surface area contributed by atoms with E-state index in [1.165, 1.54) is 0 Å². The highest BCUT2D eigenvalue weighted by Gasteiger charge is 2.27. The van der Waals surface area contributed by atoms with Crippen LogP contribution in [0.25, 0.3) is 0 Å². The van der Waals surface area contributed by atoms with E-state index in [1.807, 2.05) is 11.8 Å². The predicted molar refractivity (Wildman–Crippen MR) is 71.3 cm³/mol. The van der Waals surface area contributed by atoms with Crippen molar-refractivity contribution in [2.24, 2.45) is 5.92 Å². The Labute approximate surface area is 115 Å². The van der Waals surface area contributed by atoms with Crippen molar-refractivity contribution in [1.82, 2.24) is 9.97 Å². The summed E-state index contributed by atoms with van der Waals surface area (Å²) < 4.78 is 5.92. The monoisotopic (exact) mass is 313 g/mol. The van der Waals surface area contributed by atoms with E-state index in [1.54, 1.807) is 12.4 Å². The minimum Gasteiger partial charge on any atom is -0.466 e. The van der Waals surface area contributed by atoms with Gasteiger partial charge < -0.3 is 9.64 Å². The van der Waals surface area contributed by atoms with Crippen molar-refractivity contribution in [2.45, 2.75) is 19.8 Å². The molecule has 0 radical (unpaired) electrons. The van der Waals surface area contributed by atoms with E-state index in [4.69, 9.17) is 4.74 Å². The van der Waals surface area contributed by atoms with Crippen molar-refractivity contribution in [3.05, 3.63) is 16.9 Å². The van der Waals surface area contributed by atoms with Crippen LogP contribution in [0.4, 0.5) is 5.95 Å². The standard InChI is InChI=1S/C12H16BrN3O2/c1-2-18-11(17)9-4-3-5-16(8-9)12-14-6-10(13)7-15-12/h6-7,9H,2-5,8H2,1H3/t9-/m1/s1. The van der Waals surface area contributed by atoms with Gasteiger partial charge in [-0.2, -0.15) is 0 Å². The minimum absolute atomic E-state index is 0.0639. The number of nitrogens with zero attached hydrogens (tertiary/aromatic N) is 3. The molecule has 0 N–H and O–H groups in total. The van der Waals surface area contributed by atoms with Gasteiger partial charge in [0, 0.05) is 25.5 Å². The van der Waals surface area contributed by atoms with E-state index < -0.39 is 0 Å². The molecule has 0 amide bonds. The van der Waals surface area contributed by atoms with Gasteiger partial charge in [0.25, 0.3) is 0 Å². The molecule has 1 atom stereocenters. The largest absolute Gasteiger partial charge is 0.466 e. The third-order valence-electron chi connectivity index (χ3n) is 2.93. The lowest BCUT2D eigenvalue weighted by Crippen LogP contribution is -2.40. The van der Waals surface area contributed by atoms with E-state index in [9.17, 15) is 4.79 Å². The number of halogens is 1. The highest BCUT2D eigenvalue weighted by atomic mass is 79.9. The molecule has 5 nitrogen and oxygen atoms in total. The topological polar surface area (TPSA) is 55.3 Å². The fraction of sp³-hybridized carbons (Fsp3) is 0.583. The van der Waals surface area contributed by atoms with E-state index in [0.29, 0.717) is 19.1 Å². The summed E-state index contributed by atoms with van der Waals surface area (Å²) in [6.07, 6.45) is 5.28. The average Bonchev–Trinajstić information content (AvgIpc) is 2.40. The first-order valence-corrected chi connectivity index (χ1v) is 6.89. The van der Waals surface area contributed by atoms with Gasteiger partial charge in [-0.25, -0.2) is 9.97 Å². The normalized spacial score (nSPS) is 19.7. The molecule has 1 aliphatic heterocycles. The Morgan fingerprint density at radius 1 is 1.56 bits per heavy atom. The summed E-state index contributed by atoms with van der Waals surface area (Å²) in [5.41, 5.74) is 0. The number of hydrogen-bond acceptors (Lipinski definition) is 5. The number of carbonyl (C=O) groups is 1. The van der Waals surface area contributed by atoms with Gasteiger partial charge in [-0.3, -0.25) is 4.79 Å². The Balaban J connectivity index is 2.02. The molecule has 18 heavy (non-hydrogen) atoms. The second-order valence-corrected chi connectivity index (χ2v) is 5.15. The van der Waals surface area contributed by atoms with E-state index in [0.717, 1.165) is 23.9 Å². The highest BCUT2D eigenvalue weighted by molar-refractivity contribution is 9.10. The van der Waals surface area contributed by atoms with Crippen molar-refractivity contribution in [3.8, 4) is 0 Å². The third kappa shape index (κ3) is 3.19. The smallest absolute Gasteiger partial charge is 0.310 e. The van der Waals surface area contributed by atoms with Crippen LogP contribution in [0, 0.1) is 5.92 Å². The molecule has 98 valence electrons. The van der Waals surface area contributed by atoms with Crippen LogP contribution >= 0.6 is 15.9 Å². The lowest BCUT2D eigenvalue weighted by molar-refractivity contribution is -0.148. The van der Waals surface area contributed by atoms with Crippen LogP contribution in [0.1, 0.15) is 19.8 Å². The van der Waals surface area contributed by atoms with Crippen molar-refractivity contribution >= 4 is 27.8 Å². The van der Waals surface area contributed by atoms with Crippen LogP contribution in [0.15, 0.2) is 16.9 Å². The number of hydrogen-bond donors (Lipinski definition) is 0. The summed E-state index contributed by atoms with van der Waals surface area (Å²) in [5.74, 6) is 0.498. The second-order valence-electron chi connectivity index (χ2n) is 4.24. The third-order valence-corrected chi connectivity index (χ3v) is 3.34. The molecule has 0 spiro atoms. The highest BCUT2D eigenvalue weighted by Crippen LogP contribution is 2.21. The molecule has 1 aromatic heterocycles. The zero-order valence-electron chi connectivity index (χ0n) is 10.3. The Kier molecular flexibility index (Phi) is 4.52. The first-order chi connectivity index (χ1) is 8.70. The average molecular weight is 314 g/mol. The fourth-order valence-corrected chi connectivity index (χ4v) is 2.28. The molecule has 0 unspecified atom stereocenters. The van der Waals surface area contributed by atoms with Crippen molar-refractivity contribution < 1.29 is 9.53 Å². The zero-order chi connectivity index (χ0) is 13.0. The van der Waals surface area contributed by atoms with E-state index in [2.05, 4.69) is 25.9 Å². The summed E-state index contributed by atoms with van der Waals surface area (Å²) in [6, 6.07) is 0. The van der Waals surface area contributed by atoms with Gasteiger partial charge in [-0.15, -0.1) is 0 Å². The molecule has 2 heterocycles. The first kappa shape index (κ1) is 13.3. The first-order valence-electron chi connectivity index (χ1n) is 6.10. The van der Waals surface area contributed by atoms with Crippen LogP contribution in [-0.4, -0.2) is 35.6 Å². The number of anilines is 1. The maximum Gasteiger partial charge on any atom is 0.310 e. The van der Waals surface area contributed by atoms with Gasteiger partial charge in [0.2, 0.25) is 5.95 Å². The predicted octanol–water partition coefficient (Wildman–Crippen LogP) is 2.02. The van der Waals surface area contributed by atoms with Gasteiger partial charge >= 0.3 is 5.97 Å². The van der Waals surface area contributed by atoms with Crippen LogP contribution in [-0.2, 0) is 9.53 Å². The number of ether oxygens (including phenoxy) is 1. The van der Waals surface area contributed by atoms with Gasteiger partial charge in [0.15, 0.2) is 0 Å². The lowest BCUT2D eigenvalue weighted by Gasteiger charge is -2.31. The second kappa shape index (κ2) is 6.13. The summed E-state index contributed by atoms with van der Waals surface area (Å²) in [6.45, 7) is 3.79. The summed E-state index contributed by atoms with van der Waals surface area (Å²) >= 11 is 3.31. The zero-order valence-corrected chi connectivity index (χ0v) is 11.9. The quantitative estimate of drug-likeness (QED) is 0.799. The molecular weight excluding hydrogens is 298 g/mol. The SMILES string of the molecule is CCOC(=O)[C@@H]1CCCN(c2ncc(Br)cn2)C1. The molecule has 0 aliphatic carbocycles. The molecule has 0 bridgehead atoms. The van der Waals surface area contributed by atoms with Crippen LogP contribution in [0.5, 0.6) is 0 Å². The Bertz CT molecular complexity index is 410. The molecule has 1 fully saturated rings. The van der Waals surface area contributed by atoms with Crippen molar-refractivity contribution in [1.29, 1.82) is 0 Å². The number of aromatic nitrogens is 2. The molecule has 0 aromatic carbocycles. The summed E-state index contributed by atoms with van der Waals surface area (Å²) in [5, 5.41) is 0. The summed E-state index contributed by atoms with van der Waals surface area (Å²) in [4.78, 5) is 22.3. The molecule has 6 heteroatoms. The van der Waals surface area contributed by atoms with Crippen LogP contribution in [0.2, 0.25) is 0 Å². The maximum absolute atomic E-state index is 11.7. The minimum atomic E-state index is -0.112. The van der Waals surface area contributed by atoms with Crippen LogP contribution in [0.3, 0.4) is 0 Å². The van der Waals surface area contributed by atoms with Gasteiger partial charge in [0.05, 0.1) is 17.0 Å². The maximum atomic E-state index is 11.7. The van der Waals surface area contributed by atoms with Crippen molar-refractivity contribution in [2.75, 3.05) is 24.6 Å². The molecular formula is C12H16BrN3O2. The van der Waals surface area contributed by atoms with E-state index >= 15 is 0 Å². The number of esters is 1. The number of rotatable bonds is 3. The van der Waals surface area contributed by atoms with Crippen LogP contribution < -0.4 is 4.90 Å². The number of piperidine rings is 1. The van der Waals surface area contributed by atoms with Gasteiger partial charge in [0.1, 0.15) is 0 Å². The molecule has 1 aromatic rings.